The Hall–Kier alpha value is -3.49. The summed E-state index contributed by atoms with van der Waals surface area (Å²) < 4.78 is 17.0. The molecule has 0 saturated carbocycles. The summed E-state index contributed by atoms with van der Waals surface area (Å²) in [5, 5.41) is 12.6. The lowest BCUT2D eigenvalue weighted by Crippen LogP contribution is -2.31. The fraction of sp³-hybridized carbons (Fsp3) is 0.217. The zero-order chi connectivity index (χ0) is 22.1. The van der Waals surface area contributed by atoms with E-state index in [0.29, 0.717) is 77.0 Å². The quantitative estimate of drug-likeness (QED) is 0.621. The molecule has 8 nitrogen and oxygen atoms in total. The molecule has 0 spiro atoms. The normalized spacial score (nSPS) is 14.4. The monoisotopic (exact) mass is 453 g/mol. The maximum atomic E-state index is 13.1. The molecule has 0 unspecified atom stereocenters. The number of aliphatic hydroxyl groups is 1. The molecule has 0 bridgehead atoms. The second kappa shape index (κ2) is 8.57. The molecule has 2 aliphatic rings. The first-order chi connectivity index (χ1) is 15.6. The number of rotatable bonds is 4. The van der Waals surface area contributed by atoms with Gasteiger partial charge < -0.3 is 29.5 Å². The Balaban J connectivity index is 1.44. The standard InChI is InChI=1S/C23H20ClN3O5/c24-17-10-14(13-28)12-25-22(17)27-6-7-32-21-16(2-1-3-18(21)27)23(29)26-15-4-5-19-20(11-15)31-9-8-30-19/h1-5,10-12,28H,6-9,13H2,(H,26,29). The van der Waals surface area contributed by atoms with Crippen LogP contribution in [-0.2, 0) is 6.61 Å². The van der Waals surface area contributed by atoms with E-state index in [2.05, 4.69) is 10.3 Å². The van der Waals surface area contributed by atoms with Crippen molar-refractivity contribution in [2.75, 3.05) is 36.6 Å². The van der Waals surface area contributed by atoms with Gasteiger partial charge in [0.15, 0.2) is 23.1 Å². The molecule has 164 valence electrons. The van der Waals surface area contributed by atoms with Crippen LogP contribution >= 0.6 is 11.6 Å². The average Bonchev–Trinajstić information content (AvgIpc) is 2.83. The molecule has 2 N–H and O–H groups in total. The van der Waals surface area contributed by atoms with Gasteiger partial charge >= 0.3 is 0 Å². The van der Waals surface area contributed by atoms with Crippen molar-refractivity contribution in [2.45, 2.75) is 6.61 Å². The van der Waals surface area contributed by atoms with E-state index in [1.807, 2.05) is 11.0 Å². The number of fused-ring (bicyclic) bond motifs is 2. The maximum absolute atomic E-state index is 13.1. The zero-order valence-corrected chi connectivity index (χ0v) is 17.8. The summed E-state index contributed by atoms with van der Waals surface area (Å²) in [6.45, 7) is 1.71. The van der Waals surface area contributed by atoms with Gasteiger partial charge in [-0.05, 0) is 35.9 Å². The first-order valence-electron chi connectivity index (χ1n) is 10.1. The number of pyridine rings is 1. The minimum Gasteiger partial charge on any atom is -0.489 e. The van der Waals surface area contributed by atoms with Gasteiger partial charge in [0.25, 0.3) is 5.91 Å². The highest BCUT2D eigenvalue weighted by molar-refractivity contribution is 6.33. The number of halogens is 1. The van der Waals surface area contributed by atoms with Gasteiger partial charge in [-0.25, -0.2) is 4.98 Å². The topological polar surface area (TPSA) is 93.2 Å². The Morgan fingerprint density at radius 3 is 2.75 bits per heavy atom. The summed E-state index contributed by atoms with van der Waals surface area (Å²) in [5.74, 6) is 1.94. The van der Waals surface area contributed by atoms with E-state index in [1.54, 1.807) is 42.6 Å². The molecular weight excluding hydrogens is 434 g/mol. The van der Waals surface area contributed by atoms with Crippen molar-refractivity contribution in [1.29, 1.82) is 0 Å². The maximum Gasteiger partial charge on any atom is 0.259 e. The van der Waals surface area contributed by atoms with Gasteiger partial charge in [-0.1, -0.05) is 17.7 Å². The van der Waals surface area contributed by atoms with E-state index >= 15 is 0 Å². The number of amides is 1. The van der Waals surface area contributed by atoms with Crippen LogP contribution in [0, 0.1) is 0 Å². The average molecular weight is 454 g/mol. The molecule has 2 aromatic carbocycles. The van der Waals surface area contributed by atoms with Crippen molar-refractivity contribution in [3.63, 3.8) is 0 Å². The summed E-state index contributed by atoms with van der Waals surface area (Å²) in [6.07, 6.45) is 1.58. The van der Waals surface area contributed by atoms with E-state index in [0.717, 1.165) is 0 Å². The molecule has 5 rings (SSSR count). The van der Waals surface area contributed by atoms with Crippen LogP contribution in [0.15, 0.2) is 48.7 Å². The molecule has 3 aromatic rings. The number of hydrogen-bond donors (Lipinski definition) is 2. The van der Waals surface area contributed by atoms with Crippen LogP contribution in [0.5, 0.6) is 17.2 Å². The van der Waals surface area contributed by atoms with Crippen LogP contribution in [0.1, 0.15) is 15.9 Å². The predicted molar refractivity (Wildman–Crippen MR) is 119 cm³/mol. The second-order valence-corrected chi connectivity index (χ2v) is 7.68. The number of carbonyl (C=O) groups excluding carboxylic acids is 1. The SMILES string of the molecule is O=C(Nc1ccc2c(c1)OCCO2)c1cccc2c1OCCN2c1ncc(CO)cc1Cl. The smallest absolute Gasteiger partial charge is 0.259 e. The van der Waals surface area contributed by atoms with Gasteiger partial charge in [-0.2, -0.15) is 0 Å². The Bertz CT molecular complexity index is 1190. The molecule has 0 atom stereocenters. The van der Waals surface area contributed by atoms with Crippen LogP contribution < -0.4 is 24.4 Å². The van der Waals surface area contributed by atoms with Gasteiger partial charge in [0.2, 0.25) is 0 Å². The molecule has 1 amide bonds. The molecule has 2 aliphatic heterocycles. The molecule has 1 aromatic heterocycles. The summed E-state index contributed by atoms with van der Waals surface area (Å²) in [4.78, 5) is 19.4. The number of anilines is 3. The third-order valence-electron chi connectivity index (χ3n) is 5.21. The molecular formula is C23H20ClN3O5. The van der Waals surface area contributed by atoms with Crippen molar-refractivity contribution < 1.29 is 24.1 Å². The fourth-order valence-electron chi connectivity index (χ4n) is 3.72. The highest BCUT2D eigenvalue weighted by Crippen LogP contribution is 2.41. The van der Waals surface area contributed by atoms with Gasteiger partial charge in [0.05, 0.1) is 29.4 Å². The van der Waals surface area contributed by atoms with E-state index in [-0.39, 0.29) is 12.5 Å². The lowest BCUT2D eigenvalue weighted by Gasteiger charge is -2.32. The third-order valence-corrected chi connectivity index (χ3v) is 5.49. The minimum absolute atomic E-state index is 0.142. The Morgan fingerprint density at radius 2 is 1.94 bits per heavy atom. The van der Waals surface area contributed by atoms with Crippen molar-refractivity contribution in [3.8, 4) is 17.2 Å². The number of aromatic nitrogens is 1. The van der Waals surface area contributed by atoms with Crippen LogP contribution in [-0.4, -0.2) is 42.4 Å². The number of nitrogens with zero attached hydrogens (tertiary/aromatic N) is 2. The number of para-hydroxylation sites is 1. The van der Waals surface area contributed by atoms with E-state index in [4.69, 9.17) is 25.8 Å². The number of hydrogen-bond acceptors (Lipinski definition) is 7. The highest BCUT2D eigenvalue weighted by Gasteiger charge is 2.27. The largest absolute Gasteiger partial charge is 0.489 e. The molecule has 0 radical (unpaired) electrons. The Kier molecular flexibility index (Phi) is 5.46. The van der Waals surface area contributed by atoms with Crippen LogP contribution in [0.25, 0.3) is 0 Å². The summed E-state index contributed by atoms with van der Waals surface area (Å²) in [7, 11) is 0. The number of aliphatic hydroxyl groups excluding tert-OH is 1. The minimum atomic E-state index is -0.310. The molecule has 0 saturated heterocycles. The second-order valence-electron chi connectivity index (χ2n) is 7.27. The van der Waals surface area contributed by atoms with Gasteiger partial charge in [-0.3, -0.25) is 4.79 Å². The zero-order valence-electron chi connectivity index (χ0n) is 17.0. The van der Waals surface area contributed by atoms with Gasteiger partial charge in [-0.15, -0.1) is 0 Å². The highest BCUT2D eigenvalue weighted by atomic mass is 35.5. The van der Waals surface area contributed by atoms with Crippen molar-refractivity contribution in [3.05, 3.63) is 64.8 Å². The van der Waals surface area contributed by atoms with E-state index < -0.39 is 0 Å². The van der Waals surface area contributed by atoms with Gasteiger partial charge in [0.1, 0.15) is 19.8 Å². The Labute approximate surface area is 189 Å². The van der Waals surface area contributed by atoms with Crippen molar-refractivity contribution >= 4 is 34.7 Å². The molecule has 0 fully saturated rings. The van der Waals surface area contributed by atoms with Crippen molar-refractivity contribution in [1.82, 2.24) is 4.98 Å². The summed E-state index contributed by atoms with van der Waals surface area (Å²) in [6, 6.07) is 12.3. The molecule has 32 heavy (non-hydrogen) atoms. The fourth-order valence-corrected chi connectivity index (χ4v) is 4.01. The molecule has 3 heterocycles. The lowest BCUT2D eigenvalue weighted by molar-refractivity contribution is 0.102. The van der Waals surface area contributed by atoms with E-state index in [1.165, 1.54) is 0 Å². The number of nitrogens with one attached hydrogen (secondary N) is 1. The van der Waals surface area contributed by atoms with Crippen LogP contribution in [0.2, 0.25) is 5.02 Å². The third kappa shape index (κ3) is 3.79. The summed E-state index contributed by atoms with van der Waals surface area (Å²) in [5.41, 5.74) is 2.30. The lowest BCUT2D eigenvalue weighted by atomic mass is 10.1. The predicted octanol–water partition coefficient (Wildman–Crippen LogP) is 3.78. The number of ether oxygens (including phenoxy) is 3. The van der Waals surface area contributed by atoms with Crippen LogP contribution in [0.4, 0.5) is 17.2 Å². The first-order valence-corrected chi connectivity index (χ1v) is 10.5. The molecule has 0 aliphatic carbocycles. The van der Waals surface area contributed by atoms with E-state index in [9.17, 15) is 9.90 Å². The summed E-state index contributed by atoms with van der Waals surface area (Å²) >= 11 is 6.42. The number of carbonyl (C=O) groups is 1. The van der Waals surface area contributed by atoms with Crippen LogP contribution in [0.3, 0.4) is 0 Å². The number of benzene rings is 2. The van der Waals surface area contributed by atoms with Gasteiger partial charge in [0, 0.05) is 18.0 Å². The Morgan fingerprint density at radius 1 is 1.09 bits per heavy atom. The molecule has 9 heteroatoms. The first kappa shape index (κ1) is 20.4. The van der Waals surface area contributed by atoms with Crippen molar-refractivity contribution in [2.24, 2.45) is 0 Å².